The molecule has 2 rings (SSSR count). The molecule has 0 aromatic heterocycles. The number of esters is 1. The van der Waals surface area contributed by atoms with Crippen molar-refractivity contribution < 1.29 is 19.1 Å². The molecule has 0 heterocycles. The Morgan fingerprint density at radius 1 is 0.913 bits per heavy atom. The van der Waals surface area contributed by atoms with Gasteiger partial charge in [-0.05, 0) is 19.1 Å². The average molecular weight is 311 g/mol. The van der Waals surface area contributed by atoms with Gasteiger partial charge in [-0.15, -0.1) is 0 Å². The van der Waals surface area contributed by atoms with E-state index in [-0.39, 0.29) is 18.2 Å². The van der Waals surface area contributed by atoms with Gasteiger partial charge in [-0.1, -0.05) is 48.5 Å². The first-order valence-corrected chi connectivity index (χ1v) is 7.20. The number of benzene rings is 2. The zero-order valence-electron chi connectivity index (χ0n) is 12.7. The fourth-order valence-electron chi connectivity index (χ4n) is 1.97. The first-order chi connectivity index (χ1) is 11.1. The average Bonchev–Trinajstić information content (AvgIpc) is 2.60. The van der Waals surface area contributed by atoms with E-state index in [9.17, 15) is 14.4 Å². The molecule has 2 aromatic rings. The first kappa shape index (κ1) is 16.4. The summed E-state index contributed by atoms with van der Waals surface area (Å²) in [5.41, 5.74) is 0.926. The van der Waals surface area contributed by atoms with E-state index in [1.165, 1.54) is 6.92 Å². The van der Waals surface area contributed by atoms with Crippen molar-refractivity contribution in [2.75, 3.05) is 6.54 Å². The van der Waals surface area contributed by atoms with Crippen LogP contribution in [0, 0.1) is 0 Å². The van der Waals surface area contributed by atoms with Gasteiger partial charge >= 0.3 is 5.97 Å². The second-order valence-corrected chi connectivity index (χ2v) is 4.91. The molecule has 0 fully saturated rings. The maximum atomic E-state index is 12.1. The van der Waals surface area contributed by atoms with E-state index in [1.54, 1.807) is 60.7 Å². The van der Waals surface area contributed by atoms with Crippen molar-refractivity contribution in [1.82, 2.24) is 5.32 Å². The number of Topliss-reactive ketones (excluding diaryl/α,β-unsaturated/α-hetero) is 1. The lowest BCUT2D eigenvalue weighted by Gasteiger charge is -2.12. The fraction of sp³-hybridized carbons (Fsp3) is 0.167. The molecular weight excluding hydrogens is 294 g/mol. The van der Waals surface area contributed by atoms with Crippen LogP contribution in [-0.2, 0) is 9.53 Å². The standard InChI is InChI=1S/C18H17NO4/c1-13(17(21)14-8-4-2-5-9-14)23-16(20)12-19-18(22)15-10-6-3-7-11-15/h2-11,13H,12H2,1H3,(H,19,22)/t13-/m1/s1. The molecule has 0 aliphatic heterocycles. The second kappa shape index (κ2) is 7.89. The van der Waals surface area contributed by atoms with Gasteiger partial charge in [0.15, 0.2) is 6.10 Å². The zero-order chi connectivity index (χ0) is 16.7. The maximum absolute atomic E-state index is 12.1. The van der Waals surface area contributed by atoms with Crippen molar-refractivity contribution in [3.63, 3.8) is 0 Å². The van der Waals surface area contributed by atoms with Crippen LogP contribution in [0.2, 0.25) is 0 Å². The number of amides is 1. The van der Waals surface area contributed by atoms with Crippen LogP contribution >= 0.6 is 0 Å². The Kier molecular flexibility index (Phi) is 5.63. The number of ketones is 1. The highest BCUT2D eigenvalue weighted by Crippen LogP contribution is 2.06. The number of rotatable bonds is 6. The molecule has 0 spiro atoms. The summed E-state index contributed by atoms with van der Waals surface area (Å²) < 4.78 is 5.05. The third-order valence-electron chi connectivity index (χ3n) is 3.17. The highest BCUT2D eigenvalue weighted by molar-refractivity contribution is 6.00. The minimum atomic E-state index is -0.904. The van der Waals surface area contributed by atoms with Crippen molar-refractivity contribution in [2.24, 2.45) is 0 Å². The molecule has 0 saturated carbocycles. The topological polar surface area (TPSA) is 72.5 Å². The molecule has 23 heavy (non-hydrogen) atoms. The molecule has 0 unspecified atom stereocenters. The number of carbonyl (C=O) groups excluding carboxylic acids is 3. The van der Waals surface area contributed by atoms with Gasteiger partial charge in [-0.2, -0.15) is 0 Å². The van der Waals surface area contributed by atoms with E-state index in [0.717, 1.165) is 0 Å². The number of hydrogen-bond donors (Lipinski definition) is 1. The highest BCUT2D eigenvalue weighted by atomic mass is 16.5. The van der Waals surface area contributed by atoms with E-state index in [4.69, 9.17) is 4.74 Å². The van der Waals surface area contributed by atoms with Gasteiger partial charge in [0.2, 0.25) is 5.78 Å². The van der Waals surface area contributed by atoms with Gasteiger partial charge < -0.3 is 10.1 Å². The van der Waals surface area contributed by atoms with Crippen LogP contribution in [0.25, 0.3) is 0 Å². The molecule has 0 bridgehead atoms. The second-order valence-electron chi connectivity index (χ2n) is 4.91. The summed E-state index contributed by atoms with van der Waals surface area (Å²) in [5.74, 6) is -1.32. The monoisotopic (exact) mass is 311 g/mol. The Morgan fingerprint density at radius 3 is 2.00 bits per heavy atom. The molecule has 0 saturated heterocycles. The van der Waals surface area contributed by atoms with Crippen molar-refractivity contribution in [1.29, 1.82) is 0 Å². The van der Waals surface area contributed by atoms with Crippen LogP contribution in [0.5, 0.6) is 0 Å². The fourth-order valence-corrected chi connectivity index (χ4v) is 1.97. The Morgan fingerprint density at radius 2 is 1.43 bits per heavy atom. The molecule has 118 valence electrons. The van der Waals surface area contributed by atoms with Crippen LogP contribution in [0.15, 0.2) is 60.7 Å². The molecule has 5 nitrogen and oxygen atoms in total. The molecule has 2 aromatic carbocycles. The van der Waals surface area contributed by atoms with E-state index in [1.807, 2.05) is 0 Å². The SMILES string of the molecule is C[C@@H](OC(=O)CNC(=O)c1ccccc1)C(=O)c1ccccc1. The summed E-state index contributed by atoms with van der Waals surface area (Å²) in [5, 5.41) is 2.46. The van der Waals surface area contributed by atoms with Crippen LogP contribution < -0.4 is 5.32 Å². The van der Waals surface area contributed by atoms with Gasteiger partial charge in [0.05, 0.1) is 0 Å². The normalized spacial score (nSPS) is 11.3. The summed E-state index contributed by atoms with van der Waals surface area (Å²) in [7, 11) is 0. The lowest BCUT2D eigenvalue weighted by molar-refractivity contribution is -0.145. The predicted octanol–water partition coefficient (Wildman–Crippen LogP) is 2.23. The van der Waals surface area contributed by atoms with Gasteiger partial charge in [-0.25, -0.2) is 0 Å². The highest BCUT2D eigenvalue weighted by Gasteiger charge is 2.19. The zero-order valence-corrected chi connectivity index (χ0v) is 12.7. The lowest BCUT2D eigenvalue weighted by atomic mass is 10.1. The maximum Gasteiger partial charge on any atom is 0.326 e. The number of ether oxygens (including phenoxy) is 1. The van der Waals surface area contributed by atoms with Crippen LogP contribution in [0.4, 0.5) is 0 Å². The van der Waals surface area contributed by atoms with Gasteiger partial charge in [-0.3, -0.25) is 14.4 Å². The molecule has 1 amide bonds. The van der Waals surface area contributed by atoms with Gasteiger partial charge in [0.25, 0.3) is 5.91 Å². The van der Waals surface area contributed by atoms with E-state index < -0.39 is 12.1 Å². The molecule has 5 heteroatoms. The number of carbonyl (C=O) groups is 3. The van der Waals surface area contributed by atoms with Crippen molar-refractivity contribution in [2.45, 2.75) is 13.0 Å². The molecule has 0 aliphatic carbocycles. The van der Waals surface area contributed by atoms with Crippen LogP contribution in [0.3, 0.4) is 0 Å². The number of hydrogen-bond acceptors (Lipinski definition) is 4. The Hall–Kier alpha value is -2.95. The summed E-state index contributed by atoms with van der Waals surface area (Å²) in [6.45, 7) is 1.21. The summed E-state index contributed by atoms with van der Waals surface area (Å²) in [6.07, 6.45) is -0.904. The van der Waals surface area contributed by atoms with E-state index in [0.29, 0.717) is 11.1 Å². The minimum Gasteiger partial charge on any atom is -0.453 e. The summed E-state index contributed by atoms with van der Waals surface area (Å²) >= 11 is 0. The summed E-state index contributed by atoms with van der Waals surface area (Å²) in [6, 6.07) is 17.1. The molecule has 1 atom stereocenters. The minimum absolute atomic E-state index is 0.284. The first-order valence-electron chi connectivity index (χ1n) is 7.20. The van der Waals surface area contributed by atoms with Crippen molar-refractivity contribution >= 4 is 17.7 Å². The molecule has 1 N–H and O–H groups in total. The van der Waals surface area contributed by atoms with Crippen LogP contribution in [0.1, 0.15) is 27.6 Å². The molecular formula is C18H17NO4. The van der Waals surface area contributed by atoms with E-state index in [2.05, 4.69) is 5.32 Å². The number of nitrogens with one attached hydrogen (secondary N) is 1. The molecule has 0 aliphatic rings. The quantitative estimate of drug-likeness (QED) is 0.656. The van der Waals surface area contributed by atoms with Crippen LogP contribution in [-0.4, -0.2) is 30.3 Å². The Balaban J connectivity index is 1.83. The Labute approximate surface area is 134 Å². The molecule has 0 radical (unpaired) electrons. The van der Waals surface area contributed by atoms with Crippen molar-refractivity contribution in [3.05, 3.63) is 71.8 Å². The third kappa shape index (κ3) is 4.78. The van der Waals surface area contributed by atoms with Crippen molar-refractivity contribution in [3.8, 4) is 0 Å². The van der Waals surface area contributed by atoms with Gasteiger partial charge in [0, 0.05) is 11.1 Å². The third-order valence-corrected chi connectivity index (χ3v) is 3.17. The van der Waals surface area contributed by atoms with E-state index >= 15 is 0 Å². The largest absolute Gasteiger partial charge is 0.453 e. The Bertz CT molecular complexity index is 683. The lowest BCUT2D eigenvalue weighted by Crippen LogP contribution is -2.34. The smallest absolute Gasteiger partial charge is 0.326 e. The van der Waals surface area contributed by atoms with Gasteiger partial charge in [0.1, 0.15) is 6.54 Å². The predicted molar refractivity (Wildman–Crippen MR) is 85.1 cm³/mol. The summed E-state index contributed by atoms with van der Waals surface area (Å²) in [4.78, 5) is 35.6.